The van der Waals surface area contributed by atoms with Gasteiger partial charge in [0.2, 0.25) is 0 Å². The number of aromatic nitrogens is 1. The number of aromatic amines is 1. The minimum Gasteiger partial charge on any atom is -0.331 e. The summed E-state index contributed by atoms with van der Waals surface area (Å²) in [6.45, 7) is 0.606. The molecule has 2 heterocycles. The van der Waals surface area contributed by atoms with Gasteiger partial charge in [-0.15, -0.1) is 0 Å². The molecule has 0 aliphatic carbocycles. The normalized spacial score (nSPS) is 18.0. The van der Waals surface area contributed by atoms with Crippen molar-refractivity contribution in [1.29, 1.82) is 0 Å². The lowest BCUT2D eigenvalue weighted by Crippen LogP contribution is -2.34. The van der Waals surface area contributed by atoms with Gasteiger partial charge >= 0.3 is 0 Å². The molecule has 4 nitrogen and oxygen atoms in total. The van der Waals surface area contributed by atoms with Crippen LogP contribution in [0.5, 0.6) is 0 Å². The molecule has 1 unspecified atom stereocenters. The summed E-state index contributed by atoms with van der Waals surface area (Å²) in [5.74, 6) is -0.571. The third kappa shape index (κ3) is 2.59. The topological polar surface area (TPSA) is 53.2 Å². The van der Waals surface area contributed by atoms with Crippen molar-refractivity contribution in [3.63, 3.8) is 0 Å². The second kappa shape index (κ2) is 5.52. The van der Waals surface area contributed by atoms with Crippen LogP contribution in [0.4, 0.5) is 4.39 Å². The summed E-state index contributed by atoms with van der Waals surface area (Å²) in [5.41, 5.74) is 0.661. The number of pyridine rings is 1. The maximum absolute atomic E-state index is 13.0. The van der Waals surface area contributed by atoms with Crippen LogP contribution in [-0.2, 0) is 0 Å². The summed E-state index contributed by atoms with van der Waals surface area (Å²) >= 11 is 0. The van der Waals surface area contributed by atoms with Gasteiger partial charge in [-0.2, -0.15) is 0 Å². The monoisotopic (exact) mass is 286 g/mol. The molecule has 1 amide bonds. The lowest BCUT2D eigenvalue weighted by molar-refractivity contribution is 0.0734. The van der Waals surface area contributed by atoms with Crippen molar-refractivity contribution in [1.82, 2.24) is 9.88 Å². The zero-order valence-electron chi connectivity index (χ0n) is 11.4. The van der Waals surface area contributed by atoms with Crippen LogP contribution < -0.4 is 5.56 Å². The number of nitrogens with zero attached hydrogens (tertiary/aromatic N) is 1. The highest BCUT2D eigenvalue weighted by molar-refractivity contribution is 5.94. The van der Waals surface area contributed by atoms with E-state index in [2.05, 4.69) is 4.98 Å². The first-order valence-electron chi connectivity index (χ1n) is 6.91. The van der Waals surface area contributed by atoms with Crippen LogP contribution >= 0.6 is 0 Å². The van der Waals surface area contributed by atoms with Crippen molar-refractivity contribution in [2.45, 2.75) is 18.9 Å². The quantitative estimate of drug-likeness (QED) is 0.922. The predicted octanol–water partition coefficient (Wildman–Crippen LogP) is 2.49. The van der Waals surface area contributed by atoms with Gasteiger partial charge in [0, 0.05) is 12.7 Å². The molecule has 108 valence electrons. The Labute approximate surface area is 121 Å². The van der Waals surface area contributed by atoms with Gasteiger partial charge in [0.15, 0.2) is 0 Å². The summed E-state index contributed by atoms with van der Waals surface area (Å²) in [6, 6.07) is 9.25. The molecule has 5 heteroatoms. The van der Waals surface area contributed by atoms with Crippen molar-refractivity contribution < 1.29 is 9.18 Å². The lowest BCUT2D eigenvalue weighted by atomic mass is 10.0. The predicted molar refractivity (Wildman–Crippen MR) is 76.5 cm³/mol. The van der Waals surface area contributed by atoms with Gasteiger partial charge in [0.05, 0.1) is 6.04 Å². The molecule has 0 spiro atoms. The van der Waals surface area contributed by atoms with E-state index in [0.29, 0.717) is 6.54 Å². The molecule has 1 aromatic carbocycles. The molecule has 1 atom stereocenters. The summed E-state index contributed by atoms with van der Waals surface area (Å²) in [4.78, 5) is 28.5. The van der Waals surface area contributed by atoms with Gasteiger partial charge in [0.25, 0.3) is 11.5 Å². The Balaban J connectivity index is 1.91. The number of hydrogen-bond donors (Lipinski definition) is 1. The fourth-order valence-electron chi connectivity index (χ4n) is 2.79. The van der Waals surface area contributed by atoms with Crippen LogP contribution in [0, 0.1) is 5.82 Å². The number of hydrogen-bond acceptors (Lipinski definition) is 2. The van der Waals surface area contributed by atoms with Gasteiger partial charge in [0.1, 0.15) is 11.4 Å². The summed E-state index contributed by atoms with van der Waals surface area (Å²) < 4.78 is 13.0. The first-order valence-corrected chi connectivity index (χ1v) is 6.91. The molecule has 1 N–H and O–H groups in total. The van der Waals surface area contributed by atoms with Crippen molar-refractivity contribution >= 4 is 5.91 Å². The van der Waals surface area contributed by atoms with Crippen LogP contribution in [0.2, 0.25) is 0 Å². The van der Waals surface area contributed by atoms with Crippen LogP contribution in [0.1, 0.15) is 34.8 Å². The smallest absolute Gasteiger partial charge is 0.260 e. The average molecular weight is 286 g/mol. The molecular weight excluding hydrogens is 271 g/mol. The maximum Gasteiger partial charge on any atom is 0.260 e. The third-order valence-electron chi connectivity index (χ3n) is 3.82. The minimum absolute atomic E-state index is 0.0993. The van der Waals surface area contributed by atoms with Gasteiger partial charge in [-0.3, -0.25) is 9.59 Å². The molecule has 0 radical (unpaired) electrons. The van der Waals surface area contributed by atoms with Crippen molar-refractivity contribution in [2.75, 3.05) is 6.54 Å². The van der Waals surface area contributed by atoms with E-state index in [1.165, 1.54) is 24.4 Å². The number of likely N-dealkylation sites (tertiary alicyclic amines) is 1. The van der Waals surface area contributed by atoms with E-state index < -0.39 is 0 Å². The Morgan fingerprint density at radius 2 is 2.00 bits per heavy atom. The number of rotatable bonds is 2. The average Bonchev–Trinajstić information content (AvgIpc) is 2.97. The number of benzene rings is 1. The largest absolute Gasteiger partial charge is 0.331 e. The molecule has 0 bridgehead atoms. The summed E-state index contributed by atoms with van der Waals surface area (Å²) in [6.07, 6.45) is 3.20. The van der Waals surface area contributed by atoms with Crippen LogP contribution in [-0.4, -0.2) is 22.3 Å². The van der Waals surface area contributed by atoms with E-state index in [4.69, 9.17) is 0 Å². The van der Waals surface area contributed by atoms with Gasteiger partial charge in [-0.05, 0) is 42.7 Å². The highest BCUT2D eigenvalue weighted by Gasteiger charge is 2.31. The third-order valence-corrected chi connectivity index (χ3v) is 3.82. The van der Waals surface area contributed by atoms with Crippen molar-refractivity contribution in [3.05, 3.63) is 69.9 Å². The SMILES string of the molecule is O=C(c1ccc[nH]c1=O)N1CCCC1c1ccc(F)cc1. The standard InChI is InChI=1S/C16H15FN2O2/c17-12-7-5-11(6-8-12)14-4-2-10-19(14)16(21)13-3-1-9-18-15(13)20/h1,3,5-9,14H,2,4,10H2,(H,18,20). The van der Waals surface area contributed by atoms with E-state index in [9.17, 15) is 14.0 Å². The highest BCUT2D eigenvalue weighted by Crippen LogP contribution is 2.32. The molecule has 1 fully saturated rings. The molecular formula is C16H15FN2O2. The molecule has 1 aliphatic heterocycles. The molecule has 21 heavy (non-hydrogen) atoms. The summed E-state index contributed by atoms with van der Waals surface area (Å²) in [5, 5.41) is 0. The zero-order chi connectivity index (χ0) is 14.8. The molecule has 1 aromatic heterocycles. The molecule has 1 saturated heterocycles. The molecule has 0 saturated carbocycles. The zero-order valence-corrected chi connectivity index (χ0v) is 11.4. The van der Waals surface area contributed by atoms with Crippen LogP contribution in [0.25, 0.3) is 0 Å². The second-order valence-corrected chi connectivity index (χ2v) is 5.12. The Bertz CT molecular complexity index is 709. The first-order chi connectivity index (χ1) is 10.2. The van der Waals surface area contributed by atoms with E-state index >= 15 is 0 Å². The number of carbonyl (C=O) groups is 1. The van der Waals surface area contributed by atoms with E-state index in [0.717, 1.165) is 18.4 Å². The second-order valence-electron chi connectivity index (χ2n) is 5.12. The first kappa shape index (κ1) is 13.5. The van der Waals surface area contributed by atoms with Gasteiger partial charge in [-0.25, -0.2) is 4.39 Å². The molecule has 2 aromatic rings. The fourth-order valence-corrected chi connectivity index (χ4v) is 2.79. The minimum atomic E-state index is -0.382. The van der Waals surface area contributed by atoms with Gasteiger partial charge < -0.3 is 9.88 Å². The van der Waals surface area contributed by atoms with Crippen LogP contribution in [0.15, 0.2) is 47.4 Å². The summed E-state index contributed by atoms with van der Waals surface area (Å²) in [7, 11) is 0. The Kier molecular flexibility index (Phi) is 3.56. The number of amides is 1. The lowest BCUT2D eigenvalue weighted by Gasteiger charge is -2.24. The van der Waals surface area contributed by atoms with E-state index in [1.807, 2.05) is 0 Å². The van der Waals surface area contributed by atoms with Gasteiger partial charge in [-0.1, -0.05) is 12.1 Å². The molecule has 3 rings (SSSR count). The fraction of sp³-hybridized carbons (Fsp3) is 0.250. The Morgan fingerprint density at radius 1 is 1.24 bits per heavy atom. The van der Waals surface area contributed by atoms with Crippen LogP contribution in [0.3, 0.4) is 0 Å². The van der Waals surface area contributed by atoms with E-state index in [1.54, 1.807) is 23.1 Å². The Morgan fingerprint density at radius 3 is 2.71 bits per heavy atom. The number of H-pyrrole nitrogens is 1. The van der Waals surface area contributed by atoms with E-state index in [-0.39, 0.29) is 28.9 Å². The maximum atomic E-state index is 13.0. The highest BCUT2D eigenvalue weighted by atomic mass is 19.1. The van der Waals surface area contributed by atoms with Crippen molar-refractivity contribution in [3.8, 4) is 0 Å². The van der Waals surface area contributed by atoms with Crippen molar-refractivity contribution in [2.24, 2.45) is 0 Å². The number of carbonyl (C=O) groups excluding carboxylic acids is 1. The number of nitrogens with one attached hydrogen (secondary N) is 1. The Hall–Kier alpha value is -2.43. The molecule has 1 aliphatic rings. The number of halogens is 1.